The number of para-hydroxylation sites is 1. The Morgan fingerprint density at radius 1 is 0.762 bits per heavy atom. The van der Waals surface area contributed by atoms with Gasteiger partial charge >= 0.3 is 0 Å². The summed E-state index contributed by atoms with van der Waals surface area (Å²) in [6.45, 7) is 0. The van der Waals surface area contributed by atoms with E-state index in [2.05, 4.69) is 87.0 Å². The van der Waals surface area contributed by atoms with Gasteiger partial charge in [-0.2, -0.15) is 0 Å². The minimum absolute atomic E-state index is 0.315. The average Bonchev–Trinajstić information content (AvgIpc) is 3.57. The van der Waals surface area contributed by atoms with E-state index in [1.807, 2.05) is 36.9 Å². The number of aromatic nitrogens is 5. The molecule has 0 radical (unpaired) electrons. The number of pyridine rings is 3. The van der Waals surface area contributed by atoms with Crippen LogP contribution in [0.15, 0.2) is 138 Å². The molecule has 6 aromatic rings. The van der Waals surface area contributed by atoms with Crippen molar-refractivity contribution in [1.29, 1.82) is 0 Å². The molecule has 5 heteroatoms. The second kappa shape index (κ2) is 8.14. The lowest BCUT2D eigenvalue weighted by Crippen LogP contribution is -2.25. The van der Waals surface area contributed by atoms with E-state index in [9.17, 15) is 0 Å². The van der Waals surface area contributed by atoms with Crippen LogP contribution in [0.2, 0.25) is 0 Å². The monoisotopic (exact) mass is 539 g/mol. The molecule has 10 rings (SSSR count). The minimum atomic E-state index is 0.315. The van der Waals surface area contributed by atoms with Gasteiger partial charge in [-0.25, -0.2) is 4.98 Å². The molecule has 42 heavy (non-hydrogen) atoms. The molecule has 0 N–H and O–H groups in total. The van der Waals surface area contributed by atoms with E-state index >= 15 is 0 Å². The molecule has 1 atom stereocenters. The van der Waals surface area contributed by atoms with Crippen molar-refractivity contribution in [2.45, 2.75) is 19.3 Å². The fraction of sp³-hybridized carbons (Fsp3) is 0.108. The van der Waals surface area contributed by atoms with Crippen LogP contribution in [0, 0.1) is 5.92 Å². The number of hydrogen-bond donors (Lipinski definition) is 0. The van der Waals surface area contributed by atoms with Crippen LogP contribution in [0.3, 0.4) is 0 Å². The van der Waals surface area contributed by atoms with Crippen molar-refractivity contribution in [3.05, 3.63) is 138 Å². The maximum atomic E-state index is 5.11. The molecule has 0 spiro atoms. The first-order chi connectivity index (χ1) is 20.9. The van der Waals surface area contributed by atoms with Gasteiger partial charge in [-0.3, -0.25) is 14.5 Å². The Hall–Kier alpha value is -5.29. The molecule has 4 aliphatic rings. The van der Waals surface area contributed by atoms with Gasteiger partial charge in [0, 0.05) is 41.0 Å². The maximum absolute atomic E-state index is 5.11. The van der Waals surface area contributed by atoms with Gasteiger partial charge < -0.3 is 4.57 Å². The number of nitrogens with zero attached hydrogens (tertiary/aromatic N) is 5. The smallest absolute Gasteiger partial charge is 0.147 e. The molecule has 0 amide bonds. The summed E-state index contributed by atoms with van der Waals surface area (Å²) in [5.74, 6) is 0.315. The summed E-state index contributed by atoms with van der Waals surface area (Å²) in [6.07, 6.45) is 25.2. The number of fused-ring (bicyclic) bond motifs is 7. The predicted octanol–water partition coefficient (Wildman–Crippen LogP) is 8.39. The molecule has 0 saturated carbocycles. The summed E-state index contributed by atoms with van der Waals surface area (Å²) in [7, 11) is 0. The van der Waals surface area contributed by atoms with Crippen LogP contribution in [0.1, 0.15) is 19.3 Å². The molecule has 0 fully saturated rings. The molecule has 1 unspecified atom stereocenters. The highest BCUT2D eigenvalue weighted by Crippen LogP contribution is 2.52. The van der Waals surface area contributed by atoms with E-state index in [-0.39, 0.29) is 0 Å². The maximum Gasteiger partial charge on any atom is 0.147 e. The van der Waals surface area contributed by atoms with Crippen molar-refractivity contribution in [3.63, 3.8) is 0 Å². The zero-order chi connectivity index (χ0) is 27.4. The fourth-order valence-corrected chi connectivity index (χ4v) is 7.83. The quantitative estimate of drug-likeness (QED) is 0.222. The van der Waals surface area contributed by atoms with Crippen LogP contribution >= 0.6 is 0 Å². The zero-order valence-electron chi connectivity index (χ0n) is 22.8. The lowest BCUT2D eigenvalue weighted by atomic mass is 9.66. The van der Waals surface area contributed by atoms with Crippen molar-refractivity contribution >= 4 is 49.6 Å². The van der Waals surface area contributed by atoms with Gasteiger partial charge in [0.05, 0.1) is 39.3 Å². The van der Waals surface area contributed by atoms with Gasteiger partial charge in [-0.05, 0) is 78.0 Å². The summed E-state index contributed by atoms with van der Waals surface area (Å²) < 4.78 is 4.70. The minimum Gasteiger partial charge on any atom is -0.306 e. The highest BCUT2D eigenvalue weighted by Gasteiger charge is 2.37. The molecule has 5 heterocycles. The second-order valence-corrected chi connectivity index (χ2v) is 11.6. The largest absolute Gasteiger partial charge is 0.306 e. The lowest BCUT2D eigenvalue weighted by Gasteiger charge is -2.40. The van der Waals surface area contributed by atoms with Crippen LogP contribution in [0.5, 0.6) is 0 Å². The van der Waals surface area contributed by atoms with Crippen molar-refractivity contribution < 1.29 is 0 Å². The second-order valence-electron chi connectivity index (χ2n) is 11.6. The summed E-state index contributed by atoms with van der Waals surface area (Å²) in [5, 5.41) is 3.33. The van der Waals surface area contributed by atoms with Gasteiger partial charge in [0.15, 0.2) is 0 Å². The van der Waals surface area contributed by atoms with E-state index < -0.39 is 0 Å². The summed E-state index contributed by atoms with van der Waals surface area (Å²) >= 11 is 0. The third-order valence-corrected chi connectivity index (χ3v) is 9.53. The number of allylic oxidation sites excluding steroid dienone is 12. The number of hydrogen-bond acceptors (Lipinski definition) is 3. The van der Waals surface area contributed by atoms with Gasteiger partial charge in [0.1, 0.15) is 5.65 Å². The molecule has 5 aromatic heterocycles. The standard InChI is InChI=1S/C37H25N5/c1-2-8-25(9-3-1)41-31-21-38-19-17-27(31)34-36-28(20-40-37(34)41)35-30(10-5-18-39-35)42(36)29-16-14-24-12-11-22-6-4-7-23-13-15-26(29)33(24)32(22)23/h1-6,8-10,13-21,33H,7,11-12H2. The third kappa shape index (κ3) is 2.80. The van der Waals surface area contributed by atoms with Crippen molar-refractivity contribution in [3.8, 4) is 5.69 Å². The van der Waals surface area contributed by atoms with E-state index in [0.29, 0.717) is 5.92 Å². The SMILES string of the molecule is C1=CC2=C3C(=CC=C4C(n5c6cccnc6c6cnc7c(c8ccncc8n7-c7ccccc7)c65)=CC=C(CC2)C43)C1. The molecular weight excluding hydrogens is 514 g/mol. The van der Waals surface area contributed by atoms with E-state index in [1.54, 1.807) is 0 Å². The van der Waals surface area contributed by atoms with Gasteiger partial charge in [-0.1, -0.05) is 54.2 Å². The molecule has 5 nitrogen and oxygen atoms in total. The molecular formula is C37H25N5. The first kappa shape index (κ1) is 22.4. The molecule has 198 valence electrons. The zero-order valence-corrected chi connectivity index (χ0v) is 22.8. The Labute approximate surface area is 241 Å². The van der Waals surface area contributed by atoms with Crippen molar-refractivity contribution in [2.24, 2.45) is 5.92 Å². The predicted molar refractivity (Wildman–Crippen MR) is 169 cm³/mol. The Morgan fingerprint density at radius 3 is 2.67 bits per heavy atom. The van der Waals surface area contributed by atoms with Crippen LogP contribution in [-0.4, -0.2) is 24.1 Å². The Bertz CT molecular complexity index is 2370. The van der Waals surface area contributed by atoms with E-state index in [1.165, 1.54) is 33.6 Å². The van der Waals surface area contributed by atoms with Gasteiger partial charge in [-0.15, -0.1) is 0 Å². The van der Waals surface area contributed by atoms with Crippen LogP contribution in [-0.2, 0) is 0 Å². The number of benzene rings is 1. The Morgan fingerprint density at radius 2 is 1.71 bits per heavy atom. The topological polar surface area (TPSA) is 48.5 Å². The summed E-state index contributed by atoms with van der Waals surface area (Å²) in [5.41, 5.74) is 14.9. The summed E-state index contributed by atoms with van der Waals surface area (Å²) in [6, 6.07) is 16.8. The van der Waals surface area contributed by atoms with Gasteiger partial charge in [0.2, 0.25) is 0 Å². The Kier molecular flexibility index (Phi) is 4.34. The van der Waals surface area contributed by atoms with E-state index in [0.717, 1.165) is 68.8 Å². The average molecular weight is 540 g/mol. The molecule has 4 aliphatic carbocycles. The first-order valence-electron chi connectivity index (χ1n) is 14.7. The van der Waals surface area contributed by atoms with Crippen LogP contribution in [0.25, 0.3) is 55.3 Å². The lowest BCUT2D eigenvalue weighted by molar-refractivity contribution is 0.700. The highest BCUT2D eigenvalue weighted by atomic mass is 15.1. The summed E-state index contributed by atoms with van der Waals surface area (Å²) in [4.78, 5) is 14.6. The van der Waals surface area contributed by atoms with E-state index in [4.69, 9.17) is 9.97 Å². The fourth-order valence-electron chi connectivity index (χ4n) is 7.83. The Balaban J connectivity index is 1.36. The van der Waals surface area contributed by atoms with Crippen molar-refractivity contribution in [1.82, 2.24) is 24.1 Å². The van der Waals surface area contributed by atoms with Crippen LogP contribution < -0.4 is 0 Å². The number of rotatable bonds is 2. The highest BCUT2D eigenvalue weighted by molar-refractivity contribution is 6.25. The van der Waals surface area contributed by atoms with Gasteiger partial charge in [0.25, 0.3) is 0 Å². The molecule has 0 saturated heterocycles. The first-order valence-corrected chi connectivity index (χ1v) is 14.7. The molecule has 1 aromatic carbocycles. The normalized spacial score (nSPS) is 19.3. The molecule has 0 bridgehead atoms. The molecule has 0 aliphatic heterocycles. The van der Waals surface area contributed by atoms with Crippen LogP contribution in [0.4, 0.5) is 0 Å². The third-order valence-electron chi connectivity index (χ3n) is 9.53. The van der Waals surface area contributed by atoms with Crippen molar-refractivity contribution in [2.75, 3.05) is 0 Å².